The van der Waals surface area contributed by atoms with Crippen LogP contribution >= 0.6 is 11.5 Å². The smallest absolute Gasteiger partial charge is 0.328 e. The Bertz CT molecular complexity index is 520. The van der Waals surface area contributed by atoms with Gasteiger partial charge in [-0.2, -0.15) is 0 Å². The monoisotopic (exact) mass is 240 g/mol. The number of aliphatic carboxylic acids is 1. The maximum Gasteiger partial charge on any atom is 0.328 e. The van der Waals surface area contributed by atoms with Crippen LogP contribution in [0.2, 0.25) is 0 Å². The van der Waals surface area contributed by atoms with Crippen LogP contribution in [0.3, 0.4) is 0 Å². The van der Waals surface area contributed by atoms with Gasteiger partial charge in [0.2, 0.25) is 0 Å². The minimum absolute atomic E-state index is 0.377. The third kappa shape index (κ3) is 1.65. The maximum absolute atomic E-state index is 10.9. The highest BCUT2D eigenvalue weighted by atomic mass is 32.1. The molecule has 2 rings (SSSR count). The molecular weight excluding hydrogens is 232 g/mol. The van der Waals surface area contributed by atoms with Gasteiger partial charge in [-0.05, 0) is 35.8 Å². The molecule has 0 spiro atoms. The molecule has 0 fully saturated rings. The first-order valence-electron chi connectivity index (χ1n) is 4.41. The molecule has 0 aliphatic rings. The van der Waals surface area contributed by atoms with Gasteiger partial charge in [0.25, 0.3) is 0 Å². The van der Waals surface area contributed by atoms with Gasteiger partial charge in [0.15, 0.2) is 11.9 Å². The van der Waals surface area contributed by atoms with Gasteiger partial charge in [0.05, 0.1) is 5.69 Å². The first-order valence-corrected chi connectivity index (χ1v) is 5.18. The SMILES string of the molecule is Cc1nnsc1-c1nnnn1C(C)C(=O)O. The molecule has 0 aliphatic heterocycles. The minimum atomic E-state index is -0.997. The zero-order valence-corrected chi connectivity index (χ0v) is 9.34. The second kappa shape index (κ2) is 3.93. The van der Waals surface area contributed by atoms with E-state index >= 15 is 0 Å². The van der Waals surface area contributed by atoms with Crippen molar-refractivity contribution >= 4 is 17.5 Å². The van der Waals surface area contributed by atoms with Crippen LogP contribution in [0.25, 0.3) is 10.7 Å². The van der Waals surface area contributed by atoms with E-state index < -0.39 is 12.0 Å². The molecule has 0 saturated heterocycles. The van der Waals surface area contributed by atoms with E-state index in [4.69, 9.17) is 5.11 Å². The highest BCUT2D eigenvalue weighted by molar-refractivity contribution is 7.09. The van der Waals surface area contributed by atoms with Gasteiger partial charge in [0, 0.05) is 0 Å². The van der Waals surface area contributed by atoms with Crippen LogP contribution in [0, 0.1) is 6.92 Å². The Hall–Kier alpha value is -1.90. The molecule has 2 heterocycles. The van der Waals surface area contributed by atoms with Crippen LogP contribution in [0.15, 0.2) is 0 Å². The van der Waals surface area contributed by atoms with Crippen molar-refractivity contribution in [2.75, 3.05) is 0 Å². The standard InChI is InChI=1S/C7H8N6O2S/c1-3-5(16-12-8-3)6-9-10-11-13(6)4(2)7(14)15/h4H,1-2H3,(H,14,15). The van der Waals surface area contributed by atoms with Crippen molar-refractivity contribution in [3.63, 3.8) is 0 Å². The van der Waals surface area contributed by atoms with E-state index in [2.05, 4.69) is 25.1 Å². The van der Waals surface area contributed by atoms with Gasteiger partial charge in [-0.1, -0.05) is 4.49 Å². The lowest BCUT2D eigenvalue weighted by Crippen LogP contribution is -2.18. The summed E-state index contributed by atoms with van der Waals surface area (Å²) in [6, 6.07) is -0.827. The number of hydrogen-bond donors (Lipinski definition) is 1. The molecule has 0 radical (unpaired) electrons. The lowest BCUT2D eigenvalue weighted by Gasteiger charge is -2.06. The summed E-state index contributed by atoms with van der Waals surface area (Å²) in [7, 11) is 0. The first-order chi connectivity index (χ1) is 7.61. The van der Waals surface area contributed by atoms with Crippen molar-refractivity contribution in [1.29, 1.82) is 0 Å². The summed E-state index contributed by atoms with van der Waals surface area (Å²) in [6.45, 7) is 3.27. The van der Waals surface area contributed by atoms with E-state index in [1.165, 1.54) is 11.6 Å². The lowest BCUT2D eigenvalue weighted by molar-refractivity contribution is -0.140. The fourth-order valence-electron chi connectivity index (χ4n) is 1.15. The van der Waals surface area contributed by atoms with Crippen molar-refractivity contribution in [3.05, 3.63) is 5.69 Å². The predicted molar refractivity (Wildman–Crippen MR) is 53.8 cm³/mol. The number of carboxylic acids is 1. The third-order valence-electron chi connectivity index (χ3n) is 2.07. The predicted octanol–water partition coefficient (Wildman–Crippen LogP) is 0.146. The van der Waals surface area contributed by atoms with Crippen LogP contribution in [-0.2, 0) is 4.79 Å². The highest BCUT2D eigenvalue weighted by Crippen LogP contribution is 2.24. The number of rotatable bonds is 3. The van der Waals surface area contributed by atoms with Gasteiger partial charge in [-0.25, -0.2) is 9.48 Å². The normalized spacial score (nSPS) is 12.6. The van der Waals surface area contributed by atoms with Crippen molar-refractivity contribution in [2.24, 2.45) is 0 Å². The number of tetrazole rings is 1. The lowest BCUT2D eigenvalue weighted by atomic mass is 10.3. The molecular formula is C7H8N6O2S. The molecule has 1 unspecified atom stereocenters. The number of aromatic nitrogens is 6. The molecule has 9 heteroatoms. The second-order valence-corrected chi connectivity index (χ2v) is 3.90. The summed E-state index contributed by atoms with van der Waals surface area (Å²) in [5.74, 6) is -0.619. The fourth-order valence-corrected chi connectivity index (χ4v) is 1.78. The Morgan fingerprint density at radius 1 is 1.50 bits per heavy atom. The molecule has 2 aromatic heterocycles. The van der Waals surface area contributed by atoms with Gasteiger partial charge in [-0.3, -0.25) is 0 Å². The maximum atomic E-state index is 10.9. The molecule has 0 saturated carbocycles. The van der Waals surface area contributed by atoms with Gasteiger partial charge in [0.1, 0.15) is 4.88 Å². The molecule has 16 heavy (non-hydrogen) atoms. The van der Waals surface area contributed by atoms with Crippen molar-refractivity contribution < 1.29 is 9.90 Å². The molecule has 1 N–H and O–H groups in total. The molecule has 2 aromatic rings. The van der Waals surface area contributed by atoms with Crippen LogP contribution in [-0.4, -0.2) is 40.9 Å². The second-order valence-electron chi connectivity index (χ2n) is 3.15. The number of carboxylic acid groups (broad SMARTS) is 1. The Morgan fingerprint density at radius 3 is 2.81 bits per heavy atom. The van der Waals surface area contributed by atoms with E-state index in [1.54, 1.807) is 6.92 Å². The fraction of sp³-hybridized carbons (Fsp3) is 0.429. The zero-order chi connectivity index (χ0) is 11.7. The molecule has 0 aliphatic carbocycles. The number of aryl methyl sites for hydroxylation is 1. The third-order valence-corrected chi connectivity index (χ3v) is 2.90. The van der Waals surface area contributed by atoms with Crippen LogP contribution in [0.5, 0.6) is 0 Å². The number of hydrogen-bond acceptors (Lipinski definition) is 7. The summed E-state index contributed by atoms with van der Waals surface area (Å²) in [6.07, 6.45) is 0. The highest BCUT2D eigenvalue weighted by Gasteiger charge is 2.22. The van der Waals surface area contributed by atoms with Gasteiger partial charge in [-0.15, -0.1) is 10.2 Å². The molecule has 1 atom stereocenters. The number of carbonyl (C=O) groups is 1. The summed E-state index contributed by atoms with van der Waals surface area (Å²) in [5.41, 5.74) is 0.679. The van der Waals surface area contributed by atoms with Crippen LogP contribution < -0.4 is 0 Å². The van der Waals surface area contributed by atoms with E-state index in [0.717, 1.165) is 11.5 Å². The molecule has 0 aromatic carbocycles. The quantitative estimate of drug-likeness (QED) is 0.813. The van der Waals surface area contributed by atoms with Gasteiger partial charge < -0.3 is 5.11 Å². The van der Waals surface area contributed by atoms with E-state index in [0.29, 0.717) is 16.4 Å². The molecule has 8 nitrogen and oxygen atoms in total. The van der Waals surface area contributed by atoms with Crippen molar-refractivity contribution in [2.45, 2.75) is 19.9 Å². The van der Waals surface area contributed by atoms with E-state index in [9.17, 15) is 4.79 Å². The van der Waals surface area contributed by atoms with E-state index in [1.807, 2.05) is 0 Å². The zero-order valence-electron chi connectivity index (χ0n) is 8.52. The summed E-state index contributed by atoms with van der Waals surface area (Å²) >= 11 is 1.13. The Kier molecular flexibility index (Phi) is 2.60. The molecule has 0 bridgehead atoms. The largest absolute Gasteiger partial charge is 0.480 e. The summed E-state index contributed by atoms with van der Waals surface area (Å²) < 4.78 is 5.00. The number of nitrogens with zero attached hydrogens (tertiary/aromatic N) is 6. The average Bonchev–Trinajstić information content (AvgIpc) is 2.84. The van der Waals surface area contributed by atoms with Crippen molar-refractivity contribution in [1.82, 2.24) is 29.8 Å². The Morgan fingerprint density at radius 2 is 2.25 bits per heavy atom. The topological polar surface area (TPSA) is 107 Å². The van der Waals surface area contributed by atoms with Crippen LogP contribution in [0.4, 0.5) is 0 Å². The Labute approximate surface area is 94.1 Å². The van der Waals surface area contributed by atoms with E-state index in [-0.39, 0.29) is 0 Å². The van der Waals surface area contributed by atoms with Crippen molar-refractivity contribution in [3.8, 4) is 10.7 Å². The first kappa shape index (κ1) is 10.6. The van der Waals surface area contributed by atoms with Gasteiger partial charge >= 0.3 is 5.97 Å². The Balaban J connectivity index is 2.48. The molecule has 84 valence electrons. The van der Waals surface area contributed by atoms with Crippen LogP contribution in [0.1, 0.15) is 18.7 Å². The summed E-state index contributed by atoms with van der Waals surface area (Å²) in [4.78, 5) is 11.5. The molecule has 0 amide bonds. The average molecular weight is 240 g/mol. The summed E-state index contributed by atoms with van der Waals surface area (Å²) in [5, 5.41) is 23.7. The minimum Gasteiger partial charge on any atom is -0.480 e.